The maximum Gasteiger partial charge on any atom is 0.175 e. The number of aromatic nitrogens is 1. The van der Waals surface area contributed by atoms with Crippen molar-refractivity contribution in [1.29, 1.82) is 0 Å². The summed E-state index contributed by atoms with van der Waals surface area (Å²) in [5.41, 5.74) is 3.26. The lowest BCUT2D eigenvalue weighted by Gasteiger charge is -2.02. The average Bonchev–Trinajstić information content (AvgIpc) is 3.23. The summed E-state index contributed by atoms with van der Waals surface area (Å²) in [6, 6.07) is 18.3. The van der Waals surface area contributed by atoms with Crippen molar-refractivity contribution in [2.24, 2.45) is 20.4 Å². The molecule has 0 radical (unpaired) electrons. The van der Waals surface area contributed by atoms with Gasteiger partial charge in [0, 0.05) is 29.1 Å². The number of nitrogens with zero attached hydrogens (tertiary/aromatic N) is 4. The number of rotatable bonds is 3. The quantitative estimate of drug-likeness (QED) is 0.547. The van der Waals surface area contributed by atoms with Crippen LogP contribution in [-0.4, -0.2) is 17.0 Å². The minimum Gasteiger partial charge on any atom is -0.361 e. The summed E-state index contributed by atoms with van der Waals surface area (Å²) in [5.74, 6) is 0.662. The van der Waals surface area contributed by atoms with Gasteiger partial charge in [0.1, 0.15) is 6.04 Å². The van der Waals surface area contributed by atoms with Crippen molar-refractivity contribution < 1.29 is 0 Å². The van der Waals surface area contributed by atoms with Gasteiger partial charge < -0.3 is 4.98 Å². The van der Waals surface area contributed by atoms with Crippen LogP contribution in [0.3, 0.4) is 0 Å². The molecule has 2 heterocycles. The van der Waals surface area contributed by atoms with Crippen molar-refractivity contribution >= 4 is 23.0 Å². The van der Waals surface area contributed by atoms with Crippen LogP contribution in [0.25, 0.3) is 10.9 Å². The van der Waals surface area contributed by atoms with Gasteiger partial charge in [0.25, 0.3) is 0 Å². The van der Waals surface area contributed by atoms with E-state index in [4.69, 9.17) is 0 Å². The highest BCUT2D eigenvalue weighted by atomic mass is 15.3. The van der Waals surface area contributed by atoms with Crippen LogP contribution in [0.2, 0.25) is 0 Å². The Balaban J connectivity index is 1.49. The topological polar surface area (TPSA) is 65.2 Å². The van der Waals surface area contributed by atoms with Gasteiger partial charge in [-0.3, -0.25) is 0 Å². The van der Waals surface area contributed by atoms with Crippen LogP contribution in [0.1, 0.15) is 23.6 Å². The van der Waals surface area contributed by atoms with E-state index in [2.05, 4.69) is 43.6 Å². The zero-order valence-corrected chi connectivity index (χ0v) is 12.4. The molecule has 0 aliphatic carbocycles. The summed E-state index contributed by atoms with van der Waals surface area (Å²) in [4.78, 5) is 3.21. The number of benzene rings is 2. The normalized spacial score (nSPS) is 19.3. The van der Waals surface area contributed by atoms with Gasteiger partial charge in [-0.1, -0.05) is 48.5 Å². The summed E-state index contributed by atoms with van der Waals surface area (Å²) >= 11 is 0. The second kappa shape index (κ2) is 5.96. The van der Waals surface area contributed by atoms with E-state index < -0.39 is 0 Å². The first-order valence-electron chi connectivity index (χ1n) is 7.52. The SMILES string of the molecule is C(=N/N=C1\C[C@@H](c2ccccc2)N=N1)/c1c[nH]c2ccccc12. The molecule has 0 spiro atoms. The van der Waals surface area contributed by atoms with E-state index in [1.54, 1.807) is 6.21 Å². The molecule has 0 saturated carbocycles. The Morgan fingerprint density at radius 1 is 1.04 bits per heavy atom. The van der Waals surface area contributed by atoms with Gasteiger partial charge in [0.05, 0.1) is 6.21 Å². The molecule has 5 nitrogen and oxygen atoms in total. The second-order valence-electron chi connectivity index (χ2n) is 5.40. The lowest BCUT2D eigenvalue weighted by molar-refractivity contribution is 0.773. The van der Waals surface area contributed by atoms with Gasteiger partial charge >= 0.3 is 0 Å². The average molecular weight is 301 g/mol. The van der Waals surface area contributed by atoms with Crippen LogP contribution in [0.4, 0.5) is 0 Å². The molecule has 4 rings (SSSR count). The number of amidine groups is 1. The van der Waals surface area contributed by atoms with Crippen molar-refractivity contribution in [1.82, 2.24) is 4.98 Å². The number of hydrogen-bond acceptors (Lipinski definition) is 3. The molecule has 0 unspecified atom stereocenters. The molecule has 0 fully saturated rings. The molecular weight excluding hydrogens is 286 g/mol. The van der Waals surface area contributed by atoms with Gasteiger partial charge in [-0.25, -0.2) is 0 Å². The first-order chi connectivity index (χ1) is 11.4. The lowest BCUT2D eigenvalue weighted by atomic mass is 10.1. The molecular formula is C18H15N5. The molecule has 1 aliphatic rings. The van der Waals surface area contributed by atoms with Crippen molar-refractivity contribution in [2.75, 3.05) is 0 Å². The maximum atomic E-state index is 4.27. The van der Waals surface area contributed by atoms with Gasteiger partial charge in [-0.05, 0) is 11.6 Å². The first kappa shape index (κ1) is 13.6. The molecule has 112 valence electrons. The Morgan fingerprint density at radius 3 is 2.78 bits per heavy atom. The number of azo groups is 1. The predicted molar refractivity (Wildman–Crippen MR) is 92.0 cm³/mol. The smallest absolute Gasteiger partial charge is 0.175 e. The van der Waals surface area contributed by atoms with Crippen LogP contribution in [-0.2, 0) is 0 Å². The van der Waals surface area contributed by atoms with E-state index in [-0.39, 0.29) is 6.04 Å². The van der Waals surface area contributed by atoms with E-state index in [1.807, 2.05) is 42.6 Å². The van der Waals surface area contributed by atoms with Crippen LogP contribution in [0, 0.1) is 0 Å². The molecule has 5 heteroatoms. The molecule has 2 aromatic carbocycles. The number of H-pyrrole nitrogens is 1. The monoisotopic (exact) mass is 301 g/mol. The number of fused-ring (bicyclic) bond motifs is 1. The molecule has 0 amide bonds. The van der Waals surface area contributed by atoms with Gasteiger partial charge in [0.2, 0.25) is 0 Å². The second-order valence-corrected chi connectivity index (χ2v) is 5.40. The largest absolute Gasteiger partial charge is 0.361 e. The van der Waals surface area contributed by atoms with Crippen molar-refractivity contribution in [2.45, 2.75) is 12.5 Å². The molecule has 1 aliphatic heterocycles. The van der Waals surface area contributed by atoms with Crippen LogP contribution >= 0.6 is 0 Å². The third-order valence-corrected chi connectivity index (χ3v) is 3.86. The Kier molecular flexibility index (Phi) is 3.52. The summed E-state index contributed by atoms with van der Waals surface area (Å²) < 4.78 is 0. The zero-order valence-electron chi connectivity index (χ0n) is 12.4. The molecule has 23 heavy (non-hydrogen) atoms. The van der Waals surface area contributed by atoms with Crippen molar-refractivity contribution in [3.8, 4) is 0 Å². The minimum atomic E-state index is 0.0539. The van der Waals surface area contributed by atoms with E-state index >= 15 is 0 Å². The molecule has 0 bridgehead atoms. The summed E-state index contributed by atoms with van der Waals surface area (Å²) in [6.45, 7) is 0. The third kappa shape index (κ3) is 2.81. The third-order valence-electron chi connectivity index (χ3n) is 3.86. The highest BCUT2D eigenvalue weighted by Crippen LogP contribution is 2.27. The molecule has 1 atom stereocenters. The zero-order chi connectivity index (χ0) is 15.5. The van der Waals surface area contributed by atoms with E-state index in [1.165, 1.54) is 0 Å². The Labute approximate surface area is 133 Å². The molecule has 0 saturated heterocycles. The first-order valence-corrected chi connectivity index (χ1v) is 7.52. The van der Waals surface area contributed by atoms with Gasteiger partial charge in [-0.15, -0.1) is 10.2 Å². The fraction of sp³-hybridized carbons (Fsp3) is 0.111. The van der Waals surface area contributed by atoms with Gasteiger partial charge in [-0.2, -0.15) is 10.2 Å². The number of aromatic amines is 1. The minimum absolute atomic E-state index is 0.0539. The summed E-state index contributed by atoms with van der Waals surface area (Å²) in [7, 11) is 0. The highest BCUT2D eigenvalue weighted by Gasteiger charge is 2.19. The molecule has 1 N–H and O–H groups in total. The van der Waals surface area contributed by atoms with E-state index in [0.717, 1.165) is 22.0 Å². The van der Waals surface area contributed by atoms with Gasteiger partial charge in [0.15, 0.2) is 5.84 Å². The Morgan fingerprint density at radius 2 is 1.87 bits per heavy atom. The van der Waals surface area contributed by atoms with Crippen LogP contribution < -0.4 is 0 Å². The maximum absolute atomic E-state index is 4.27. The highest BCUT2D eigenvalue weighted by molar-refractivity contribution is 5.99. The van der Waals surface area contributed by atoms with Crippen molar-refractivity contribution in [3.05, 3.63) is 71.9 Å². The van der Waals surface area contributed by atoms with Crippen LogP contribution in [0.15, 0.2) is 81.2 Å². The number of hydrogen-bond donors (Lipinski definition) is 1. The van der Waals surface area contributed by atoms with E-state index in [9.17, 15) is 0 Å². The molecule has 1 aromatic heterocycles. The number of nitrogens with one attached hydrogen (secondary N) is 1. The summed E-state index contributed by atoms with van der Waals surface area (Å²) in [6.07, 6.45) is 4.36. The Bertz CT molecular complexity index is 905. The molecule has 3 aromatic rings. The van der Waals surface area contributed by atoms with Crippen molar-refractivity contribution in [3.63, 3.8) is 0 Å². The fourth-order valence-electron chi connectivity index (χ4n) is 2.67. The summed E-state index contributed by atoms with van der Waals surface area (Å²) in [5, 5.41) is 17.9. The van der Waals surface area contributed by atoms with Crippen LogP contribution in [0.5, 0.6) is 0 Å². The fourth-order valence-corrected chi connectivity index (χ4v) is 2.67. The standard InChI is InChI=1S/C18H15N5/c1-2-6-13(7-3-1)17-10-18(23-21-17)22-20-12-14-11-19-16-9-5-4-8-15(14)16/h1-9,11-12,17,19H,10H2/b20-12-,22-18+/t17-/m0/s1. The van der Waals surface area contributed by atoms with E-state index in [0.29, 0.717) is 12.3 Å². The predicted octanol–water partition coefficient (Wildman–Crippen LogP) is 4.50. The number of para-hydroxylation sites is 1. The lowest BCUT2D eigenvalue weighted by Crippen LogP contribution is -1.95. The Hall–Kier alpha value is -3.08.